The van der Waals surface area contributed by atoms with Crippen molar-refractivity contribution in [3.8, 4) is 0 Å². The molecule has 11 heteroatoms. The lowest BCUT2D eigenvalue weighted by molar-refractivity contribution is -0.303. The van der Waals surface area contributed by atoms with Crippen molar-refractivity contribution in [3.63, 3.8) is 0 Å². The van der Waals surface area contributed by atoms with E-state index in [9.17, 15) is 40.5 Å². The highest BCUT2D eigenvalue weighted by Crippen LogP contribution is 2.25. The lowest BCUT2D eigenvalue weighted by Gasteiger charge is -2.40. The number of hydrogen-bond acceptors (Lipinski definition) is 10. The molecule has 11 nitrogen and oxygen atoms in total. The van der Waals surface area contributed by atoms with Gasteiger partial charge < -0.3 is 50.5 Å². The van der Waals surface area contributed by atoms with Crippen molar-refractivity contribution in [1.29, 1.82) is 0 Å². The molecule has 1 aliphatic heterocycles. The standard InChI is InChI=1S/C84H167NO10/c1-3-5-7-9-11-13-15-17-19-21-23-25-27-29-31-33-35-36-37-38-39-40-41-42-44-46-48-50-52-54-56-58-60-62-64-66-68-70-72-77(88)83(93)85-75(74-94-84-82(92)81(91)80(90)78(73-86)95-84)79(89)76(87)71-69-67-65-63-61-59-57-55-53-51-49-47-45-43-34-32-30-28-26-24-22-20-18-16-14-12-10-8-6-4-2/h75-82,84,86-92H,3-74H2,1-2H3,(H,85,93). The Hall–Kier alpha value is -0.890. The zero-order valence-electron chi connectivity index (χ0n) is 63.5. The second-order valence-electron chi connectivity index (χ2n) is 30.6. The smallest absolute Gasteiger partial charge is 0.249 e. The van der Waals surface area contributed by atoms with E-state index < -0.39 is 74.2 Å². The molecule has 0 spiro atoms. The first kappa shape index (κ1) is 92.1. The Labute approximate surface area is 590 Å². The van der Waals surface area contributed by atoms with E-state index >= 15 is 0 Å². The van der Waals surface area contributed by atoms with Crippen LogP contribution in [0.5, 0.6) is 0 Å². The third kappa shape index (κ3) is 59.4. The highest BCUT2D eigenvalue weighted by molar-refractivity contribution is 5.80. The lowest BCUT2D eigenvalue weighted by Crippen LogP contribution is -2.60. The molecule has 9 unspecified atom stereocenters. The van der Waals surface area contributed by atoms with E-state index in [1.807, 2.05) is 0 Å². The van der Waals surface area contributed by atoms with Gasteiger partial charge in [0.2, 0.25) is 5.91 Å². The number of carbonyl (C=O) groups is 1. The molecule has 1 amide bonds. The maximum absolute atomic E-state index is 13.3. The number of nitrogens with one attached hydrogen (secondary N) is 1. The normalized spacial score (nSPS) is 18.0. The van der Waals surface area contributed by atoms with E-state index in [1.54, 1.807) is 0 Å². The van der Waals surface area contributed by atoms with Gasteiger partial charge in [0.05, 0.1) is 25.4 Å². The molecule has 0 aromatic carbocycles. The molecule has 1 saturated heterocycles. The van der Waals surface area contributed by atoms with Gasteiger partial charge in [0.25, 0.3) is 0 Å². The monoisotopic (exact) mass is 1350 g/mol. The quantitative estimate of drug-likeness (QED) is 0.0272. The van der Waals surface area contributed by atoms with Crippen molar-refractivity contribution >= 4 is 5.91 Å². The minimum atomic E-state index is -1.66. The van der Waals surface area contributed by atoms with Crippen molar-refractivity contribution in [2.24, 2.45) is 0 Å². The molecule has 0 saturated carbocycles. The molecule has 9 atom stereocenters. The predicted octanol–water partition coefficient (Wildman–Crippen LogP) is 22.7. The van der Waals surface area contributed by atoms with Crippen LogP contribution in [0.2, 0.25) is 0 Å². The zero-order valence-corrected chi connectivity index (χ0v) is 63.5. The van der Waals surface area contributed by atoms with E-state index in [0.29, 0.717) is 19.3 Å². The van der Waals surface area contributed by atoms with Crippen LogP contribution in [0, 0.1) is 0 Å². The average Bonchev–Trinajstić information content (AvgIpc) is 0.832. The number of ether oxygens (including phenoxy) is 2. The van der Waals surface area contributed by atoms with Crippen molar-refractivity contribution < 1.29 is 50.0 Å². The van der Waals surface area contributed by atoms with Crippen molar-refractivity contribution in [3.05, 3.63) is 0 Å². The lowest BCUT2D eigenvalue weighted by atomic mass is 9.98. The summed E-state index contributed by atoms with van der Waals surface area (Å²) in [6.07, 6.45) is 81.0. The Morgan fingerprint density at radius 3 is 0.779 bits per heavy atom. The third-order valence-corrected chi connectivity index (χ3v) is 21.4. The molecule has 1 heterocycles. The minimum absolute atomic E-state index is 0.268. The van der Waals surface area contributed by atoms with E-state index in [-0.39, 0.29) is 6.42 Å². The van der Waals surface area contributed by atoms with Crippen LogP contribution in [0.15, 0.2) is 0 Å². The minimum Gasteiger partial charge on any atom is -0.394 e. The number of hydrogen-bond donors (Lipinski definition) is 8. The van der Waals surface area contributed by atoms with Crippen LogP contribution < -0.4 is 5.32 Å². The van der Waals surface area contributed by atoms with Crippen LogP contribution >= 0.6 is 0 Å². The van der Waals surface area contributed by atoms with Crippen LogP contribution in [0.1, 0.15) is 463 Å². The van der Waals surface area contributed by atoms with Crippen LogP contribution in [-0.4, -0.2) is 110 Å². The van der Waals surface area contributed by atoms with Gasteiger partial charge in [0.1, 0.15) is 36.6 Å². The van der Waals surface area contributed by atoms with Gasteiger partial charge in [-0.15, -0.1) is 0 Å². The zero-order chi connectivity index (χ0) is 68.8. The molecule has 1 rings (SSSR count). The van der Waals surface area contributed by atoms with Gasteiger partial charge in [0.15, 0.2) is 6.29 Å². The molecular formula is C84H167NO10. The SMILES string of the molecule is CCCCCCCCCCCCCCCCCCCCCCCCCCCCCCCCCCCCCCCCC(O)C(=O)NC(COC1OC(CO)C(O)C(O)C1O)C(O)C(O)CCCCCCCCCCCCCCCCCCCCCCCCCCCCCCCC. The topological polar surface area (TPSA) is 189 Å². The van der Waals surface area contributed by atoms with Gasteiger partial charge in [-0.05, 0) is 12.8 Å². The number of amides is 1. The summed E-state index contributed by atoms with van der Waals surface area (Å²) >= 11 is 0. The summed E-state index contributed by atoms with van der Waals surface area (Å²) in [5.41, 5.74) is 0. The summed E-state index contributed by atoms with van der Waals surface area (Å²) in [4.78, 5) is 13.3. The summed E-state index contributed by atoms with van der Waals surface area (Å²) in [6.45, 7) is 3.55. The van der Waals surface area contributed by atoms with E-state index in [0.717, 1.165) is 38.5 Å². The molecule has 8 N–H and O–H groups in total. The summed E-state index contributed by atoms with van der Waals surface area (Å²) in [7, 11) is 0. The Bertz CT molecular complexity index is 1510. The fourth-order valence-electron chi connectivity index (χ4n) is 14.6. The van der Waals surface area contributed by atoms with Crippen molar-refractivity contribution in [2.45, 2.75) is 518 Å². The van der Waals surface area contributed by atoms with Crippen LogP contribution in [0.3, 0.4) is 0 Å². The number of aliphatic hydroxyl groups is 7. The molecule has 0 bridgehead atoms. The van der Waals surface area contributed by atoms with Gasteiger partial charge in [-0.25, -0.2) is 0 Å². The highest BCUT2D eigenvalue weighted by atomic mass is 16.7. The van der Waals surface area contributed by atoms with Gasteiger partial charge in [-0.1, -0.05) is 450 Å². The summed E-state index contributed by atoms with van der Waals surface area (Å²) in [5.74, 6) is -0.684. The first-order chi connectivity index (χ1) is 46.7. The summed E-state index contributed by atoms with van der Waals surface area (Å²) in [5, 5.41) is 76.9. The summed E-state index contributed by atoms with van der Waals surface area (Å²) in [6, 6.07) is -1.17. The molecule has 0 aromatic heterocycles. The molecule has 0 aliphatic carbocycles. The molecule has 0 radical (unpaired) electrons. The number of carbonyl (C=O) groups excluding carboxylic acids is 1. The molecular weight excluding hydrogens is 1180 g/mol. The first-order valence-corrected chi connectivity index (χ1v) is 42.9. The Kier molecular flexibility index (Phi) is 70.7. The highest BCUT2D eigenvalue weighted by Gasteiger charge is 2.44. The number of rotatable bonds is 78. The fraction of sp³-hybridized carbons (Fsp3) is 0.988. The molecule has 1 aliphatic rings. The van der Waals surface area contributed by atoms with Crippen molar-refractivity contribution in [1.82, 2.24) is 5.32 Å². The maximum Gasteiger partial charge on any atom is 0.249 e. The molecule has 0 aromatic rings. The maximum atomic E-state index is 13.3. The number of unbranched alkanes of at least 4 members (excludes halogenated alkanes) is 66. The van der Waals surface area contributed by atoms with E-state index in [1.165, 1.54) is 385 Å². The predicted molar refractivity (Wildman–Crippen MR) is 404 cm³/mol. The Balaban J connectivity index is 2.08. The second kappa shape index (κ2) is 72.9. The third-order valence-electron chi connectivity index (χ3n) is 21.4. The Morgan fingerprint density at radius 1 is 0.326 bits per heavy atom. The van der Waals surface area contributed by atoms with Gasteiger partial charge in [0, 0.05) is 0 Å². The fourth-order valence-corrected chi connectivity index (χ4v) is 14.6. The van der Waals surface area contributed by atoms with Gasteiger partial charge >= 0.3 is 0 Å². The average molecular weight is 1350 g/mol. The molecule has 95 heavy (non-hydrogen) atoms. The van der Waals surface area contributed by atoms with Crippen LogP contribution in [-0.2, 0) is 14.3 Å². The molecule has 568 valence electrons. The second-order valence-corrected chi connectivity index (χ2v) is 30.6. The van der Waals surface area contributed by atoms with E-state index in [2.05, 4.69) is 19.2 Å². The first-order valence-electron chi connectivity index (χ1n) is 42.9. The van der Waals surface area contributed by atoms with Crippen molar-refractivity contribution in [2.75, 3.05) is 13.2 Å². The number of aliphatic hydroxyl groups excluding tert-OH is 7. The molecule has 1 fully saturated rings. The van der Waals surface area contributed by atoms with Crippen LogP contribution in [0.4, 0.5) is 0 Å². The Morgan fingerprint density at radius 2 is 0.547 bits per heavy atom. The van der Waals surface area contributed by atoms with Crippen LogP contribution in [0.25, 0.3) is 0 Å². The van der Waals surface area contributed by atoms with Gasteiger partial charge in [-0.3, -0.25) is 4.79 Å². The summed E-state index contributed by atoms with van der Waals surface area (Å²) < 4.78 is 11.2. The van der Waals surface area contributed by atoms with Gasteiger partial charge in [-0.2, -0.15) is 0 Å². The largest absolute Gasteiger partial charge is 0.394 e. The van der Waals surface area contributed by atoms with E-state index in [4.69, 9.17) is 9.47 Å².